The van der Waals surface area contributed by atoms with Gasteiger partial charge in [0.05, 0.1) is 6.07 Å². The lowest BCUT2D eigenvalue weighted by Gasteiger charge is -2.08. The van der Waals surface area contributed by atoms with E-state index in [1.807, 2.05) is 0 Å². The number of hydrogen-bond donors (Lipinski definition) is 0. The molecule has 0 fully saturated rings. The Morgan fingerprint density at radius 1 is 1.29 bits per heavy atom. The summed E-state index contributed by atoms with van der Waals surface area (Å²) in [6.07, 6.45) is 3.17. The van der Waals surface area contributed by atoms with E-state index >= 15 is 0 Å². The number of nitriles is 1. The molecule has 0 N–H and O–H groups in total. The predicted octanol–water partition coefficient (Wildman–Crippen LogP) is 2.58. The van der Waals surface area contributed by atoms with Crippen LogP contribution in [-0.4, -0.2) is 9.97 Å². The van der Waals surface area contributed by atoms with Crippen molar-refractivity contribution < 1.29 is 4.39 Å². The average Bonchev–Trinajstić information content (AvgIpc) is 2.36. The van der Waals surface area contributed by atoms with E-state index in [0.717, 1.165) is 0 Å². The fourth-order valence-corrected chi connectivity index (χ4v) is 1.59. The van der Waals surface area contributed by atoms with Crippen LogP contribution in [0, 0.1) is 24.1 Å². The molecule has 0 aliphatic heterocycles. The lowest BCUT2D eigenvalue weighted by Crippen LogP contribution is -2.04. The first kappa shape index (κ1) is 11.2. The van der Waals surface area contributed by atoms with Crippen molar-refractivity contribution in [2.24, 2.45) is 0 Å². The Morgan fingerprint density at radius 3 is 2.59 bits per heavy atom. The molecule has 2 rings (SSSR count). The summed E-state index contributed by atoms with van der Waals surface area (Å²) in [4.78, 5) is 8.10. The van der Waals surface area contributed by atoms with Gasteiger partial charge >= 0.3 is 0 Å². The normalized spacial score (nSPS) is 11.8. The molecule has 1 aromatic heterocycles. The summed E-state index contributed by atoms with van der Waals surface area (Å²) in [5.41, 5.74) is 1.22. The number of benzene rings is 1. The molecule has 1 unspecified atom stereocenters. The van der Waals surface area contributed by atoms with E-state index in [-0.39, 0.29) is 5.82 Å². The molecule has 84 valence electrons. The van der Waals surface area contributed by atoms with Crippen LogP contribution in [0.15, 0.2) is 36.7 Å². The van der Waals surface area contributed by atoms with Gasteiger partial charge in [0.15, 0.2) is 0 Å². The van der Waals surface area contributed by atoms with Crippen LogP contribution >= 0.6 is 0 Å². The molecule has 0 amide bonds. The highest BCUT2D eigenvalue weighted by atomic mass is 19.1. The standard InChI is InChI=1S/C13H10FN3/c1-9-7-10(3-4-12(9)14)11(8-15)13-16-5-2-6-17-13/h2-7,11H,1H3. The van der Waals surface area contributed by atoms with Crippen molar-refractivity contribution in [1.82, 2.24) is 9.97 Å². The van der Waals surface area contributed by atoms with Crippen LogP contribution in [0.3, 0.4) is 0 Å². The third-order valence-electron chi connectivity index (χ3n) is 2.49. The number of rotatable bonds is 2. The quantitative estimate of drug-likeness (QED) is 0.792. The zero-order chi connectivity index (χ0) is 12.3. The molecule has 1 heterocycles. The molecule has 3 nitrogen and oxygen atoms in total. The molecule has 4 heteroatoms. The van der Waals surface area contributed by atoms with Gasteiger partial charge in [-0.3, -0.25) is 0 Å². The third kappa shape index (κ3) is 2.28. The maximum atomic E-state index is 13.2. The molecule has 0 spiro atoms. The van der Waals surface area contributed by atoms with E-state index in [9.17, 15) is 4.39 Å². The number of aryl methyl sites for hydroxylation is 1. The second kappa shape index (κ2) is 4.71. The highest BCUT2D eigenvalue weighted by Gasteiger charge is 2.16. The second-order valence-electron chi connectivity index (χ2n) is 3.68. The van der Waals surface area contributed by atoms with Crippen molar-refractivity contribution in [2.45, 2.75) is 12.8 Å². The van der Waals surface area contributed by atoms with Crippen molar-refractivity contribution >= 4 is 0 Å². The lowest BCUT2D eigenvalue weighted by molar-refractivity contribution is 0.617. The largest absolute Gasteiger partial charge is 0.240 e. The Balaban J connectivity index is 2.44. The topological polar surface area (TPSA) is 49.6 Å². The molecule has 1 aromatic carbocycles. The van der Waals surface area contributed by atoms with E-state index in [0.29, 0.717) is 17.0 Å². The maximum absolute atomic E-state index is 13.2. The Bertz CT molecular complexity index is 561. The highest BCUT2D eigenvalue weighted by molar-refractivity contribution is 5.34. The van der Waals surface area contributed by atoms with Crippen LogP contribution in [-0.2, 0) is 0 Å². The first-order chi connectivity index (χ1) is 8.22. The molecule has 0 saturated carbocycles. The van der Waals surface area contributed by atoms with Crippen LogP contribution in [0.5, 0.6) is 0 Å². The van der Waals surface area contributed by atoms with Crippen LogP contribution in [0.4, 0.5) is 4.39 Å². The van der Waals surface area contributed by atoms with E-state index < -0.39 is 5.92 Å². The monoisotopic (exact) mass is 227 g/mol. The number of halogens is 1. The number of nitrogens with zero attached hydrogens (tertiary/aromatic N) is 3. The zero-order valence-electron chi connectivity index (χ0n) is 9.26. The summed E-state index contributed by atoms with van der Waals surface area (Å²) in [6, 6.07) is 8.42. The van der Waals surface area contributed by atoms with Crippen molar-refractivity contribution in [1.29, 1.82) is 5.26 Å². The zero-order valence-corrected chi connectivity index (χ0v) is 9.26. The molecule has 2 aromatic rings. The van der Waals surface area contributed by atoms with E-state index in [1.165, 1.54) is 6.07 Å². The van der Waals surface area contributed by atoms with E-state index in [2.05, 4.69) is 16.0 Å². The fourth-order valence-electron chi connectivity index (χ4n) is 1.59. The minimum Gasteiger partial charge on any atom is -0.240 e. The Kier molecular flexibility index (Phi) is 3.10. The van der Waals surface area contributed by atoms with Gasteiger partial charge in [-0.1, -0.05) is 12.1 Å². The summed E-state index contributed by atoms with van der Waals surface area (Å²) in [7, 11) is 0. The van der Waals surface area contributed by atoms with Crippen LogP contribution in [0.2, 0.25) is 0 Å². The summed E-state index contributed by atoms with van der Waals surface area (Å²) in [5, 5.41) is 9.17. The maximum Gasteiger partial charge on any atom is 0.149 e. The molecule has 17 heavy (non-hydrogen) atoms. The predicted molar refractivity (Wildman–Crippen MR) is 60.6 cm³/mol. The Hall–Kier alpha value is -2.28. The van der Waals surface area contributed by atoms with Gasteiger partial charge in [-0.15, -0.1) is 0 Å². The first-order valence-corrected chi connectivity index (χ1v) is 5.15. The number of aromatic nitrogens is 2. The van der Waals surface area contributed by atoms with Crippen molar-refractivity contribution in [3.05, 3.63) is 59.4 Å². The Morgan fingerprint density at radius 2 is 2.00 bits per heavy atom. The van der Waals surface area contributed by atoms with Gasteiger partial charge in [0, 0.05) is 12.4 Å². The van der Waals surface area contributed by atoms with Gasteiger partial charge in [0.2, 0.25) is 0 Å². The minimum atomic E-state index is -0.560. The van der Waals surface area contributed by atoms with Crippen LogP contribution in [0.1, 0.15) is 22.9 Å². The van der Waals surface area contributed by atoms with Gasteiger partial charge in [-0.25, -0.2) is 14.4 Å². The molecule has 0 aliphatic rings. The minimum absolute atomic E-state index is 0.278. The Labute approximate surface area is 98.6 Å². The third-order valence-corrected chi connectivity index (χ3v) is 2.49. The van der Waals surface area contributed by atoms with Gasteiger partial charge in [-0.05, 0) is 30.2 Å². The molecule has 0 aliphatic carbocycles. The summed E-state index contributed by atoms with van der Waals surface area (Å²) < 4.78 is 13.2. The molecular formula is C13H10FN3. The summed E-state index contributed by atoms with van der Waals surface area (Å²) in [6.45, 7) is 1.67. The van der Waals surface area contributed by atoms with E-state index in [4.69, 9.17) is 5.26 Å². The summed E-state index contributed by atoms with van der Waals surface area (Å²) in [5.74, 6) is -0.407. The molecule has 0 bridgehead atoms. The van der Waals surface area contributed by atoms with Gasteiger partial charge < -0.3 is 0 Å². The lowest BCUT2D eigenvalue weighted by atomic mass is 9.98. The van der Waals surface area contributed by atoms with Gasteiger partial charge in [-0.2, -0.15) is 5.26 Å². The van der Waals surface area contributed by atoms with Gasteiger partial charge in [0.25, 0.3) is 0 Å². The second-order valence-corrected chi connectivity index (χ2v) is 3.68. The number of hydrogen-bond acceptors (Lipinski definition) is 3. The summed E-state index contributed by atoms with van der Waals surface area (Å²) >= 11 is 0. The SMILES string of the molecule is Cc1cc(C(C#N)c2ncccn2)ccc1F. The molecule has 0 saturated heterocycles. The van der Waals surface area contributed by atoms with Crippen molar-refractivity contribution in [3.8, 4) is 6.07 Å². The molecule has 0 radical (unpaired) electrons. The average molecular weight is 227 g/mol. The van der Waals surface area contributed by atoms with Gasteiger partial charge in [0.1, 0.15) is 17.6 Å². The molecule has 1 atom stereocenters. The fraction of sp³-hybridized carbons (Fsp3) is 0.154. The van der Waals surface area contributed by atoms with Crippen molar-refractivity contribution in [3.63, 3.8) is 0 Å². The van der Waals surface area contributed by atoms with Crippen LogP contribution in [0.25, 0.3) is 0 Å². The smallest absolute Gasteiger partial charge is 0.149 e. The van der Waals surface area contributed by atoms with E-state index in [1.54, 1.807) is 37.5 Å². The first-order valence-electron chi connectivity index (χ1n) is 5.15. The van der Waals surface area contributed by atoms with Crippen LogP contribution < -0.4 is 0 Å². The van der Waals surface area contributed by atoms with Crippen molar-refractivity contribution in [2.75, 3.05) is 0 Å². The highest BCUT2D eigenvalue weighted by Crippen LogP contribution is 2.22. The molecular weight excluding hydrogens is 217 g/mol.